The van der Waals surface area contributed by atoms with Crippen molar-refractivity contribution < 1.29 is 8.42 Å². The molecule has 0 saturated carbocycles. The fourth-order valence-electron chi connectivity index (χ4n) is 1.22. The zero-order valence-electron chi connectivity index (χ0n) is 7.90. The third kappa shape index (κ3) is 2.77. The van der Waals surface area contributed by atoms with E-state index in [0.717, 1.165) is 13.1 Å². The summed E-state index contributed by atoms with van der Waals surface area (Å²) in [5.74, 6) is 0. The average Bonchev–Trinajstić information content (AvgIpc) is 2.04. The van der Waals surface area contributed by atoms with E-state index in [4.69, 9.17) is 0 Å². The molecule has 0 aromatic carbocycles. The van der Waals surface area contributed by atoms with Gasteiger partial charge in [-0.3, -0.25) is 0 Å². The lowest BCUT2D eigenvalue weighted by Crippen LogP contribution is -2.47. The molecule has 6 heteroatoms. The van der Waals surface area contributed by atoms with Crippen molar-refractivity contribution in [1.29, 1.82) is 0 Å². The van der Waals surface area contributed by atoms with Gasteiger partial charge in [0.15, 0.2) is 0 Å². The van der Waals surface area contributed by atoms with Gasteiger partial charge < -0.3 is 0 Å². The van der Waals surface area contributed by atoms with Crippen LogP contribution < -0.4 is 0 Å². The molecule has 1 heterocycles. The lowest BCUT2D eigenvalue weighted by atomic mass is 10.4. The van der Waals surface area contributed by atoms with E-state index in [1.807, 2.05) is 0 Å². The van der Waals surface area contributed by atoms with Gasteiger partial charge in [0.1, 0.15) is 0 Å². The predicted octanol–water partition coefficient (Wildman–Crippen LogP) is 0.692. The molecule has 1 rings (SSSR count). The fourth-order valence-corrected chi connectivity index (χ4v) is 2.92. The molecule has 78 valence electrons. The van der Waals surface area contributed by atoms with Crippen molar-refractivity contribution in [3.8, 4) is 0 Å². The molecule has 1 aliphatic rings. The van der Waals surface area contributed by atoms with Crippen LogP contribution in [0.4, 0.5) is 0 Å². The standard InChI is InChI=1S/C7H15IN2O2S/c1-7(2)13(11,12)10-5-3-9(8)4-6-10/h7H,3-6H2,1-2H3. The predicted molar refractivity (Wildman–Crippen MR) is 61.2 cm³/mol. The largest absolute Gasteiger partial charge is 0.245 e. The van der Waals surface area contributed by atoms with Crippen LogP contribution >= 0.6 is 22.9 Å². The second-order valence-electron chi connectivity index (χ2n) is 3.40. The molecule has 0 aromatic heterocycles. The minimum Gasteiger partial charge on any atom is -0.245 e. The van der Waals surface area contributed by atoms with Crippen LogP contribution in [0.3, 0.4) is 0 Å². The van der Waals surface area contributed by atoms with Gasteiger partial charge in [-0.25, -0.2) is 11.5 Å². The number of nitrogens with zero attached hydrogens (tertiary/aromatic N) is 2. The summed E-state index contributed by atoms with van der Waals surface area (Å²) in [7, 11) is -3.02. The van der Waals surface area contributed by atoms with E-state index in [1.54, 1.807) is 18.2 Å². The number of rotatable bonds is 2. The van der Waals surface area contributed by atoms with Gasteiger partial charge in [0, 0.05) is 49.0 Å². The van der Waals surface area contributed by atoms with Gasteiger partial charge in [0.25, 0.3) is 0 Å². The molecule has 0 amide bonds. The van der Waals surface area contributed by atoms with Gasteiger partial charge in [-0.2, -0.15) is 4.31 Å². The van der Waals surface area contributed by atoms with E-state index in [9.17, 15) is 8.42 Å². The van der Waals surface area contributed by atoms with Crippen LogP contribution in [-0.2, 0) is 10.0 Å². The summed E-state index contributed by atoms with van der Waals surface area (Å²) in [6.45, 7) is 6.36. The summed E-state index contributed by atoms with van der Waals surface area (Å²) in [6, 6.07) is 0. The highest BCUT2D eigenvalue weighted by molar-refractivity contribution is 14.1. The SMILES string of the molecule is CC(C)S(=O)(=O)N1CCN(I)CC1. The maximum Gasteiger partial charge on any atom is 0.216 e. The van der Waals surface area contributed by atoms with Gasteiger partial charge in [0.05, 0.1) is 5.25 Å². The Balaban J connectivity index is 2.64. The maximum absolute atomic E-state index is 11.7. The van der Waals surface area contributed by atoms with Crippen molar-refractivity contribution in [2.75, 3.05) is 26.2 Å². The molecular formula is C7H15IN2O2S. The van der Waals surface area contributed by atoms with E-state index in [-0.39, 0.29) is 5.25 Å². The molecule has 0 aromatic rings. The summed E-state index contributed by atoms with van der Waals surface area (Å²) in [4.78, 5) is 0. The second-order valence-corrected chi connectivity index (χ2v) is 7.26. The quantitative estimate of drug-likeness (QED) is 0.556. The van der Waals surface area contributed by atoms with Crippen LogP contribution in [0, 0.1) is 0 Å². The Morgan fingerprint density at radius 3 is 2.00 bits per heavy atom. The highest BCUT2D eigenvalue weighted by Crippen LogP contribution is 2.13. The Morgan fingerprint density at radius 2 is 1.62 bits per heavy atom. The summed E-state index contributed by atoms with van der Waals surface area (Å²) >= 11 is 2.22. The fraction of sp³-hybridized carbons (Fsp3) is 1.00. The maximum atomic E-state index is 11.7. The van der Waals surface area contributed by atoms with Gasteiger partial charge >= 0.3 is 0 Å². The van der Waals surface area contributed by atoms with Crippen LogP contribution in [0.25, 0.3) is 0 Å². The summed E-state index contributed by atoms with van der Waals surface area (Å²) in [5.41, 5.74) is 0. The monoisotopic (exact) mass is 318 g/mol. The Bertz CT molecular complexity index is 258. The zero-order chi connectivity index (χ0) is 10.1. The normalized spacial score (nSPS) is 22.5. The third-order valence-corrected chi connectivity index (χ3v) is 5.38. The van der Waals surface area contributed by atoms with Crippen molar-refractivity contribution in [2.24, 2.45) is 0 Å². The Morgan fingerprint density at radius 1 is 1.15 bits per heavy atom. The molecule has 0 spiro atoms. The minimum atomic E-state index is -3.02. The van der Waals surface area contributed by atoms with Crippen LogP contribution in [0.15, 0.2) is 0 Å². The molecule has 13 heavy (non-hydrogen) atoms. The third-order valence-electron chi connectivity index (χ3n) is 2.14. The average molecular weight is 318 g/mol. The molecule has 0 bridgehead atoms. The van der Waals surface area contributed by atoms with Crippen molar-refractivity contribution >= 4 is 32.9 Å². The Labute approximate surface area is 93.8 Å². The van der Waals surface area contributed by atoms with Crippen molar-refractivity contribution in [1.82, 2.24) is 7.42 Å². The highest BCUT2D eigenvalue weighted by Gasteiger charge is 2.28. The number of hydrogen-bond donors (Lipinski definition) is 0. The van der Waals surface area contributed by atoms with E-state index < -0.39 is 10.0 Å². The molecule has 1 saturated heterocycles. The molecule has 0 unspecified atom stereocenters. The van der Waals surface area contributed by atoms with Crippen molar-refractivity contribution in [3.05, 3.63) is 0 Å². The summed E-state index contributed by atoms with van der Waals surface area (Å²) in [6.07, 6.45) is 0. The van der Waals surface area contributed by atoms with Crippen molar-refractivity contribution in [3.63, 3.8) is 0 Å². The highest BCUT2D eigenvalue weighted by atomic mass is 127. The minimum absolute atomic E-state index is 0.298. The van der Waals surface area contributed by atoms with Gasteiger partial charge in [-0.1, -0.05) is 0 Å². The lowest BCUT2D eigenvalue weighted by Gasteiger charge is -2.31. The molecule has 1 fully saturated rings. The Hall–Kier alpha value is 0.600. The number of hydrogen-bond acceptors (Lipinski definition) is 3. The lowest BCUT2D eigenvalue weighted by molar-refractivity contribution is 0.302. The zero-order valence-corrected chi connectivity index (χ0v) is 10.9. The first-order valence-electron chi connectivity index (χ1n) is 4.34. The van der Waals surface area contributed by atoms with Gasteiger partial charge in [-0.15, -0.1) is 0 Å². The molecule has 0 aliphatic carbocycles. The molecule has 1 aliphatic heterocycles. The molecular weight excluding hydrogens is 303 g/mol. The first-order valence-corrected chi connectivity index (χ1v) is 6.81. The van der Waals surface area contributed by atoms with E-state index >= 15 is 0 Å². The summed E-state index contributed by atoms with van der Waals surface area (Å²) in [5, 5.41) is -0.298. The number of sulfonamides is 1. The molecule has 0 N–H and O–H groups in total. The van der Waals surface area contributed by atoms with E-state index in [1.165, 1.54) is 0 Å². The van der Waals surface area contributed by atoms with Gasteiger partial charge in [0.2, 0.25) is 10.0 Å². The van der Waals surface area contributed by atoms with Gasteiger partial charge in [-0.05, 0) is 13.8 Å². The van der Waals surface area contributed by atoms with E-state index in [2.05, 4.69) is 26.0 Å². The molecule has 4 nitrogen and oxygen atoms in total. The molecule has 0 atom stereocenters. The number of halogens is 1. The summed E-state index contributed by atoms with van der Waals surface area (Å²) < 4.78 is 27.1. The first kappa shape index (κ1) is 11.7. The second kappa shape index (κ2) is 4.41. The smallest absolute Gasteiger partial charge is 0.216 e. The van der Waals surface area contributed by atoms with Crippen LogP contribution in [-0.4, -0.2) is 47.3 Å². The Kier molecular flexibility index (Phi) is 3.96. The first-order chi connectivity index (χ1) is 5.94. The van der Waals surface area contributed by atoms with Crippen LogP contribution in [0.1, 0.15) is 13.8 Å². The topological polar surface area (TPSA) is 40.6 Å². The van der Waals surface area contributed by atoms with Crippen LogP contribution in [0.2, 0.25) is 0 Å². The van der Waals surface area contributed by atoms with E-state index in [0.29, 0.717) is 13.1 Å². The van der Waals surface area contributed by atoms with Crippen LogP contribution in [0.5, 0.6) is 0 Å². The molecule has 0 radical (unpaired) electrons. The van der Waals surface area contributed by atoms with Crippen molar-refractivity contribution in [2.45, 2.75) is 19.1 Å². The number of piperazine rings is 1.